The van der Waals surface area contributed by atoms with Gasteiger partial charge in [0.25, 0.3) is 0 Å². The van der Waals surface area contributed by atoms with Gasteiger partial charge < -0.3 is 5.32 Å². The van der Waals surface area contributed by atoms with Crippen molar-refractivity contribution >= 4 is 44.7 Å². The second-order valence-electron chi connectivity index (χ2n) is 4.48. The number of carbonyl (C=O) groups is 1. The summed E-state index contributed by atoms with van der Waals surface area (Å²) >= 11 is 7.01. The number of para-hydroxylation sites is 1. The lowest BCUT2D eigenvalue weighted by atomic mass is 10.3. The van der Waals surface area contributed by atoms with Crippen molar-refractivity contribution in [3.63, 3.8) is 0 Å². The number of hydrogen-bond acceptors (Lipinski definition) is 3. The number of benzene rings is 2. The number of rotatable bonds is 3. The van der Waals surface area contributed by atoms with Crippen molar-refractivity contribution in [1.82, 2.24) is 4.57 Å². The maximum absolute atomic E-state index is 12.1. The van der Waals surface area contributed by atoms with Crippen molar-refractivity contribution in [2.45, 2.75) is 6.54 Å². The highest BCUT2D eigenvalue weighted by molar-refractivity contribution is 7.16. The Morgan fingerprint density at radius 2 is 2.00 bits per heavy atom. The van der Waals surface area contributed by atoms with Crippen LogP contribution in [0, 0.1) is 0 Å². The molecule has 0 aliphatic rings. The summed E-state index contributed by atoms with van der Waals surface area (Å²) in [7, 11) is 0. The van der Waals surface area contributed by atoms with Gasteiger partial charge in [0.1, 0.15) is 6.54 Å². The predicted octanol–water partition coefficient (Wildman–Crippen LogP) is 3.36. The van der Waals surface area contributed by atoms with Gasteiger partial charge in [0.05, 0.1) is 10.2 Å². The van der Waals surface area contributed by atoms with E-state index >= 15 is 0 Å². The van der Waals surface area contributed by atoms with Crippen LogP contribution >= 0.6 is 22.9 Å². The zero-order chi connectivity index (χ0) is 14.8. The first-order valence-corrected chi connectivity index (χ1v) is 7.47. The number of nitrogens with zero attached hydrogens (tertiary/aromatic N) is 1. The highest BCUT2D eigenvalue weighted by Crippen LogP contribution is 2.17. The summed E-state index contributed by atoms with van der Waals surface area (Å²) in [6, 6.07) is 14.3. The van der Waals surface area contributed by atoms with E-state index in [0.29, 0.717) is 10.7 Å². The molecule has 0 atom stereocenters. The third kappa shape index (κ3) is 2.99. The zero-order valence-electron chi connectivity index (χ0n) is 10.9. The van der Waals surface area contributed by atoms with Crippen LogP contribution < -0.4 is 10.2 Å². The Hall–Kier alpha value is -2.11. The van der Waals surface area contributed by atoms with Crippen molar-refractivity contribution in [3.05, 3.63) is 63.2 Å². The topological polar surface area (TPSA) is 51.1 Å². The first-order chi connectivity index (χ1) is 10.1. The molecule has 1 N–H and O–H groups in total. The Balaban J connectivity index is 1.84. The van der Waals surface area contributed by atoms with E-state index in [-0.39, 0.29) is 17.3 Å². The van der Waals surface area contributed by atoms with Gasteiger partial charge in [-0.3, -0.25) is 14.2 Å². The molecular formula is C15H11ClN2O2S. The summed E-state index contributed by atoms with van der Waals surface area (Å²) in [6.07, 6.45) is 0. The van der Waals surface area contributed by atoms with E-state index in [2.05, 4.69) is 5.32 Å². The zero-order valence-corrected chi connectivity index (χ0v) is 12.4. The van der Waals surface area contributed by atoms with Crippen LogP contribution in [0.2, 0.25) is 5.02 Å². The molecule has 0 fully saturated rings. The van der Waals surface area contributed by atoms with Gasteiger partial charge in [-0.1, -0.05) is 41.1 Å². The van der Waals surface area contributed by atoms with Crippen LogP contribution in [0.5, 0.6) is 0 Å². The summed E-state index contributed by atoms with van der Waals surface area (Å²) in [5, 5.41) is 3.28. The molecule has 21 heavy (non-hydrogen) atoms. The molecule has 0 saturated heterocycles. The summed E-state index contributed by atoms with van der Waals surface area (Å²) in [4.78, 5) is 23.9. The summed E-state index contributed by atoms with van der Waals surface area (Å²) in [5.41, 5.74) is 1.38. The van der Waals surface area contributed by atoms with Crippen molar-refractivity contribution in [2.75, 3.05) is 5.32 Å². The second kappa shape index (κ2) is 5.71. The largest absolute Gasteiger partial charge is 0.324 e. The number of carbonyl (C=O) groups excluding carboxylic acids is 1. The van der Waals surface area contributed by atoms with E-state index in [4.69, 9.17) is 11.6 Å². The van der Waals surface area contributed by atoms with Crippen LogP contribution in [-0.4, -0.2) is 10.5 Å². The molecule has 0 saturated carbocycles. The van der Waals surface area contributed by atoms with Crippen molar-refractivity contribution in [1.29, 1.82) is 0 Å². The van der Waals surface area contributed by atoms with Gasteiger partial charge in [0, 0.05) is 10.7 Å². The number of aromatic nitrogens is 1. The predicted molar refractivity (Wildman–Crippen MR) is 86.2 cm³/mol. The molecule has 1 aromatic heterocycles. The normalized spacial score (nSPS) is 10.7. The average Bonchev–Trinajstić information content (AvgIpc) is 2.75. The van der Waals surface area contributed by atoms with Crippen LogP contribution in [0.4, 0.5) is 5.69 Å². The Bertz CT molecular complexity index is 869. The number of anilines is 1. The minimum atomic E-state index is -0.261. The fourth-order valence-corrected chi connectivity index (χ4v) is 3.15. The molecular weight excluding hydrogens is 308 g/mol. The third-order valence-corrected chi connectivity index (χ3v) is 4.18. The molecule has 6 heteroatoms. The summed E-state index contributed by atoms with van der Waals surface area (Å²) < 4.78 is 2.35. The molecule has 3 rings (SSSR count). The van der Waals surface area contributed by atoms with E-state index in [1.54, 1.807) is 24.3 Å². The van der Waals surface area contributed by atoms with E-state index in [1.165, 1.54) is 4.57 Å². The fraction of sp³-hybridized carbons (Fsp3) is 0.0667. The Morgan fingerprint density at radius 3 is 2.81 bits per heavy atom. The third-order valence-electron chi connectivity index (χ3n) is 2.98. The van der Waals surface area contributed by atoms with E-state index in [0.717, 1.165) is 21.6 Å². The fourth-order valence-electron chi connectivity index (χ4n) is 2.07. The Kier molecular flexibility index (Phi) is 3.77. The maximum Gasteiger partial charge on any atom is 0.308 e. The van der Waals surface area contributed by atoms with Gasteiger partial charge >= 0.3 is 4.87 Å². The van der Waals surface area contributed by atoms with Gasteiger partial charge in [-0.2, -0.15) is 0 Å². The molecule has 1 heterocycles. The SMILES string of the molecule is O=C(Cn1c(=O)sc2ccccc21)Nc1cccc(Cl)c1. The Morgan fingerprint density at radius 1 is 1.19 bits per heavy atom. The van der Waals surface area contributed by atoms with Gasteiger partial charge in [-0.15, -0.1) is 0 Å². The van der Waals surface area contributed by atoms with Crippen molar-refractivity contribution in [3.8, 4) is 0 Å². The molecule has 3 aromatic rings. The van der Waals surface area contributed by atoms with Gasteiger partial charge in [-0.05, 0) is 30.3 Å². The number of amides is 1. The number of hydrogen-bond donors (Lipinski definition) is 1. The van der Waals surface area contributed by atoms with E-state index < -0.39 is 0 Å². The quantitative estimate of drug-likeness (QED) is 0.805. The minimum absolute atomic E-state index is 0.0185. The maximum atomic E-state index is 12.1. The van der Waals surface area contributed by atoms with Crippen LogP contribution in [0.3, 0.4) is 0 Å². The van der Waals surface area contributed by atoms with Crippen LogP contribution in [0.1, 0.15) is 0 Å². The number of thiazole rings is 1. The molecule has 106 valence electrons. The summed E-state index contributed by atoms with van der Waals surface area (Å²) in [5.74, 6) is -0.261. The van der Waals surface area contributed by atoms with Gasteiger partial charge in [0.2, 0.25) is 5.91 Å². The lowest BCUT2D eigenvalue weighted by molar-refractivity contribution is -0.116. The van der Waals surface area contributed by atoms with Crippen molar-refractivity contribution < 1.29 is 4.79 Å². The smallest absolute Gasteiger partial charge is 0.308 e. The lowest BCUT2D eigenvalue weighted by Gasteiger charge is -2.06. The number of nitrogens with one attached hydrogen (secondary N) is 1. The summed E-state index contributed by atoms with van der Waals surface area (Å²) in [6.45, 7) is -0.0185. The number of halogens is 1. The standard InChI is InChI=1S/C15H11ClN2O2S/c16-10-4-3-5-11(8-10)17-14(19)9-18-12-6-1-2-7-13(12)21-15(18)20/h1-8H,9H2,(H,17,19). The highest BCUT2D eigenvalue weighted by Gasteiger charge is 2.11. The second-order valence-corrected chi connectivity index (χ2v) is 5.91. The molecule has 0 bridgehead atoms. The Labute approximate surface area is 129 Å². The van der Waals surface area contributed by atoms with E-state index in [1.807, 2.05) is 24.3 Å². The van der Waals surface area contributed by atoms with Crippen LogP contribution in [0.25, 0.3) is 10.2 Å². The van der Waals surface area contributed by atoms with E-state index in [9.17, 15) is 9.59 Å². The molecule has 0 aliphatic carbocycles. The average molecular weight is 319 g/mol. The lowest BCUT2D eigenvalue weighted by Crippen LogP contribution is -2.24. The number of fused-ring (bicyclic) bond motifs is 1. The molecule has 2 aromatic carbocycles. The van der Waals surface area contributed by atoms with Crippen LogP contribution in [-0.2, 0) is 11.3 Å². The highest BCUT2D eigenvalue weighted by atomic mass is 35.5. The molecule has 0 spiro atoms. The molecule has 4 nitrogen and oxygen atoms in total. The van der Waals surface area contributed by atoms with Crippen molar-refractivity contribution in [2.24, 2.45) is 0 Å². The monoisotopic (exact) mass is 318 g/mol. The first-order valence-electron chi connectivity index (χ1n) is 6.27. The first kappa shape index (κ1) is 13.9. The minimum Gasteiger partial charge on any atom is -0.324 e. The molecule has 0 unspecified atom stereocenters. The molecule has 0 aliphatic heterocycles. The van der Waals surface area contributed by atoms with Gasteiger partial charge in [0.15, 0.2) is 0 Å². The van der Waals surface area contributed by atoms with Crippen LogP contribution in [0.15, 0.2) is 53.3 Å². The molecule has 0 radical (unpaired) electrons. The van der Waals surface area contributed by atoms with Gasteiger partial charge in [-0.25, -0.2) is 0 Å². The molecule has 1 amide bonds.